The summed E-state index contributed by atoms with van der Waals surface area (Å²) in [5.74, 6) is -3.51. The van der Waals surface area contributed by atoms with Gasteiger partial charge in [0.25, 0.3) is 11.6 Å². The van der Waals surface area contributed by atoms with Crippen molar-refractivity contribution in [1.82, 2.24) is 20.5 Å². The van der Waals surface area contributed by atoms with Crippen molar-refractivity contribution in [3.05, 3.63) is 70.1 Å². The summed E-state index contributed by atoms with van der Waals surface area (Å²) in [6.07, 6.45) is 0. The van der Waals surface area contributed by atoms with E-state index < -0.39 is 55.6 Å². The van der Waals surface area contributed by atoms with Gasteiger partial charge in [0.2, 0.25) is 11.7 Å². The molecule has 0 spiro atoms. The molecule has 3 aromatic rings. The molecular formula is C26H29N5O9S. The van der Waals surface area contributed by atoms with Crippen LogP contribution in [0.15, 0.2) is 52.9 Å². The molecule has 218 valence electrons. The molecule has 1 aromatic heterocycles. The van der Waals surface area contributed by atoms with Gasteiger partial charge in [-0.15, -0.1) is 0 Å². The highest BCUT2D eigenvalue weighted by atomic mass is 32.2. The van der Waals surface area contributed by atoms with Gasteiger partial charge in [-0.25, -0.2) is 18.2 Å². The maximum Gasteiger partial charge on any atom is 0.318 e. The Bertz CT molecular complexity index is 1550. The molecule has 1 fully saturated rings. The second-order valence-electron chi connectivity index (χ2n) is 9.97. The van der Waals surface area contributed by atoms with Crippen LogP contribution in [0.1, 0.15) is 30.1 Å². The first-order valence-electron chi connectivity index (χ1n) is 12.6. The zero-order chi connectivity index (χ0) is 29.8. The minimum absolute atomic E-state index is 0.0670. The van der Waals surface area contributed by atoms with E-state index in [0.717, 1.165) is 0 Å². The van der Waals surface area contributed by atoms with Crippen LogP contribution in [0.2, 0.25) is 0 Å². The van der Waals surface area contributed by atoms with Crippen LogP contribution in [0.25, 0.3) is 11.1 Å². The van der Waals surface area contributed by atoms with E-state index in [2.05, 4.69) is 15.6 Å². The normalized spacial score (nSPS) is 14.8. The molecule has 1 saturated heterocycles. The van der Waals surface area contributed by atoms with E-state index in [9.17, 15) is 32.9 Å². The average molecular weight is 588 g/mol. The van der Waals surface area contributed by atoms with Gasteiger partial charge < -0.3 is 24.7 Å². The third-order valence-electron chi connectivity index (χ3n) is 6.39. The Morgan fingerprint density at radius 1 is 1.10 bits per heavy atom. The number of fused-ring (bicyclic) bond motifs is 1. The van der Waals surface area contributed by atoms with Gasteiger partial charge in [-0.3, -0.25) is 19.7 Å². The smallest absolute Gasteiger partial charge is 0.318 e. The molecule has 1 aliphatic heterocycles. The highest BCUT2D eigenvalue weighted by Crippen LogP contribution is 2.22. The van der Waals surface area contributed by atoms with Gasteiger partial charge in [0.05, 0.1) is 29.6 Å². The van der Waals surface area contributed by atoms with Crippen LogP contribution in [-0.2, 0) is 25.1 Å². The molecule has 14 nitrogen and oxygen atoms in total. The number of carbonyl (C=O) groups is 3. The van der Waals surface area contributed by atoms with Crippen LogP contribution < -0.4 is 10.6 Å². The minimum Gasteiger partial charge on any atom is -0.434 e. The largest absolute Gasteiger partial charge is 0.434 e. The second-order valence-corrected chi connectivity index (χ2v) is 12.1. The topological polar surface area (TPSA) is 191 Å². The van der Waals surface area contributed by atoms with E-state index in [4.69, 9.17) is 9.15 Å². The highest BCUT2D eigenvalue weighted by Gasteiger charge is 2.38. The predicted octanol–water partition coefficient (Wildman–Crippen LogP) is 1.84. The number of aromatic nitrogens is 1. The van der Waals surface area contributed by atoms with Crippen LogP contribution in [0, 0.1) is 10.1 Å². The highest BCUT2D eigenvalue weighted by molar-refractivity contribution is 7.90. The standard InChI is InChI=1S/C26H29N5O9S/c1-26(2,22(32)24-27-18-8-4-6-10-21(18)40-24)29-23(33)19(28-25(34)30-11-13-39-14-12-30)16-41(37,38)15-17-7-3-5-9-20(17)31(35)36/h3-10,19H,11-16H2,1-2H3,(H,28,34)(H,29,33)/t19-/m0/s1. The van der Waals surface area contributed by atoms with Crippen molar-refractivity contribution in [2.75, 3.05) is 32.1 Å². The fourth-order valence-electron chi connectivity index (χ4n) is 4.24. The quantitative estimate of drug-likeness (QED) is 0.201. The van der Waals surface area contributed by atoms with Gasteiger partial charge in [0.15, 0.2) is 15.4 Å². The number of benzene rings is 2. The number of nitrogens with one attached hydrogen (secondary N) is 2. The molecule has 0 bridgehead atoms. The molecule has 4 rings (SSSR count). The van der Waals surface area contributed by atoms with Gasteiger partial charge in [0, 0.05) is 24.7 Å². The zero-order valence-corrected chi connectivity index (χ0v) is 23.2. The van der Waals surface area contributed by atoms with E-state index in [0.29, 0.717) is 11.1 Å². The summed E-state index contributed by atoms with van der Waals surface area (Å²) >= 11 is 0. The van der Waals surface area contributed by atoms with Crippen molar-refractivity contribution in [2.24, 2.45) is 0 Å². The number of rotatable bonds is 10. The number of hydrogen-bond acceptors (Lipinski definition) is 10. The van der Waals surface area contributed by atoms with Gasteiger partial charge in [0.1, 0.15) is 17.1 Å². The summed E-state index contributed by atoms with van der Waals surface area (Å²) in [4.78, 5) is 55.8. The Morgan fingerprint density at radius 2 is 1.76 bits per heavy atom. The van der Waals surface area contributed by atoms with Gasteiger partial charge in [-0.2, -0.15) is 0 Å². The summed E-state index contributed by atoms with van der Waals surface area (Å²) < 4.78 is 37.1. The van der Waals surface area contributed by atoms with Gasteiger partial charge in [-0.05, 0) is 26.0 Å². The van der Waals surface area contributed by atoms with Crippen molar-refractivity contribution < 1.29 is 36.9 Å². The summed E-state index contributed by atoms with van der Waals surface area (Å²) in [5.41, 5.74) is -1.26. The average Bonchev–Trinajstić information content (AvgIpc) is 3.36. The molecule has 3 amide bonds. The molecule has 1 atom stereocenters. The number of ether oxygens (including phenoxy) is 1. The van der Waals surface area contributed by atoms with E-state index in [-0.39, 0.29) is 43.4 Å². The van der Waals surface area contributed by atoms with Crippen LogP contribution in [0.4, 0.5) is 10.5 Å². The molecule has 0 aliphatic carbocycles. The Morgan fingerprint density at radius 3 is 2.44 bits per heavy atom. The molecule has 41 heavy (non-hydrogen) atoms. The number of nitro groups is 1. The number of para-hydroxylation sites is 3. The fraction of sp³-hybridized carbons (Fsp3) is 0.385. The number of Topliss-reactive ketones (excluding diaryl/α,β-unsaturated/α-hetero) is 1. The third kappa shape index (κ3) is 7.24. The number of amides is 3. The molecule has 2 heterocycles. The number of sulfone groups is 1. The molecule has 0 unspecified atom stereocenters. The Kier molecular flexibility index (Phi) is 8.68. The van der Waals surface area contributed by atoms with Crippen LogP contribution in [0.3, 0.4) is 0 Å². The van der Waals surface area contributed by atoms with E-state index in [1.807, 2.05) is 0 Å². The summed E-state index contributed by atoms with van der Waals surface area (Å²) in [6.45, 7) is 3.78. The van der Waals surface area contributed by atoms with Gasteiger partial charge in [-0.1, -0.05) is 30.3 Å². The van der Waals surface area contributed by atoms with Crippen molar-refractivity contribution in [3.63, 3.8) is 0 Å². The van der Waals surface area contributed by atoms with Gasteiger partial charge >= 0.3 is 6.03 Å². The number of oxazole rings is 1. The monoisotopic (exact) mass is 587 g/mol. The second kappa shape index (κ2) is 12.0. The van der Waals surface area contributed by atoms with Crippen molar-refractivity contribution in [1.29, 1.82) is 0 Å². The first-order chi connectivity index (χ1) is 19.4. The van der Waals surface area contributed by atoms with Crippen LogP contribution in [-0.4, -0.2) is 84.6 Å². The maximum absolute atomic E-state index is 13.4. The molecule has 2 N–H and O–H groups in total. The van der Waals surface area contributed by atoms with E-state index >= 15 is 0 Å². The number of nitrogens with zero attached hydrogens (tertiary/aromatic N) is 3. The number of hydrogen-bond donors (Lipinski definition) is 2. The lowest BCUT2D eigenvalue weighted by Crippen LogP contribution is -2.60. The number of morpholine rings is 1. The first-order valence-corrected chi connectivity index (χ1v) is 14.5. The van der Waals surface area contributed by atoms with Crippen molar-refractivity contribution in [2.45, 2.75) is 31.2 Å². The maximum atomic E-state index is 13.4. The fourth-order valence-corrected chi connectivity index (χ4v) is 5.82. The molecule has 2 aromatic carbocycles. The van der Waals surface area contributed by atoms with Crippen LogP contribution in [0.5, 0.6) is 0 Å². The Hall–Kier alpha value is -4.37. The van der Waals surface area contributed by atoms with Crippen molar-refractivity contribution >= 4 is 44.3 Å². The summed E-state index contributed by atoms with van der Waals surface area (Å²) in [6, 6.07) is 9.73. The third-order valence-corrected chi connectivity index (χ3v) is 7.98. The van der Waals surface area contributed by atoms with E-state index in [1.165, 1.54) is 43.0 Å². The predicted molar refractivity (Wildman–Crippen MR) is 146 cm³/mol. The minimum atomic E-state index is -4.20. The first kappa shape index (κ1) is 29.6. The molecule has 0 saturated carbocycles. The Balaban J connectivity index is 1.56. The number of carbonyl (C=O) groups excluding carboxylic acids is 3. The zero-order valence-electron chi connectivity index (χ0n) is 22.4. The lowest BCUT2D eigenvalue weighted by Gasteiger charge is -2.30. The van der Waals surface area contributed by atoms with E-state index in [1.54, 1.807) is 24.3 Å². The summed E-state index contributed by atoms with van der Waals surface area (Å²) in [5, 5.41) is 16.3. The van der Waals surface area contributed by atoms with Crippen molar-refractivity contribution in [3.8, 4) is 0 Å². The van der Waals surface area contributed by atoms with Crippen LogP contribution >= 0.6 is 0 Å². The SMILES string of the molecule is CC(C)(NC(=O)[C@H](CS(=O)(=O)Cc1ccccc1[N+](=O)[O-])NC(=O)N1CCOCC1)C(=O)c1nc2ccccc2o1. The number of urea groups is 1. The molecule has 0 radical (unpaired) electrons. The number of nitro benzene ring substituents is 1. The Labute approximate surface area is 235 Å². The lowest BCUT2D eigenvalue weighted by molar-refractivity contribution is -0.385. The molecular weight excluding hydrogens is 558 g/mol. The lowest BCUT2D eigenvalue weighted by atomic mass is 9.98. The summed E-state index contributed by atoms with van der Waals surface area (Å²) in [7, 11) is -4.20. The molecule has 1 aliphatic rings. The molecule has 15 heteroatoms. The number of ketones is 1.